The largest absolute Gasteiger partial charge is 0.459 e. The predicted molar refractivity (Wildman–Crippen MR) is 88.3 cm³/mol. The standard InChI is InChI=1S/C17H15FN2O2S/c1-3-20(13-7-5-12(18)6-8-13)17(21)14-10-23-16(19-14)15-9-4-11(2)22-15/h4-10H,3H2,1-2H3. The molecule has 2 aromatic heterocycles. The number of carbonyl (C=O) groups is 1. The van der Waals surface area contributed by atoms with Crippen molar-refractivity contribution < 1.29 is 13.6 Å². The lowest BCUT2D eigenvalue weighted by Gasteiger charge is -2.19. The molecule has 23 heavy (non-hydrogen) atoms. The molecular weight excluding hydrogens is 315 g/mol. The summed E-state index contributed by atoms with van der Waals surface area (Å²) in [6.07, 6.45) is 0. The molecule has 0 radical (unpaired) electrons. The number of thiazole rings is 1. The van der Waals surface area contributed by atoms with Crippen LogP contribution in [0, 0.1) is 12.7 Å². The number of amides is 1. The van der Waals surface area contributed by atoms with Crippen LogP contribution in [0.1, 0.15) is 23.2 Å². The van der Waals surface area contributed by atoms with Crippen LogP contribution in [0.2, 0.25) is 0 Å². The van der Waals surface area contributed by atoms with Crippen molar-refractivity contribution in [1.29, 1.82) is 0 Å². The minimum atomic E-state index is -0.332. The van der Waals surface area contributed by atoms with Crippen LogP contribution >= 0.6 is 11.3 Å². The Morgan fingerprint density at radius 1 is 1.26 bits per heavy atom. The third-order valence-corrected chi connectivity index (χ3v) is 4.23. The normalized spacial score (nSPS) is 10.7. The summed E-state index contributed by atoms with van der Waals surface area (Å²) in [5.41, 5.74) is 0.993. The first-order valence-electron chi connectivity index (χ1n) is 7.18. The summed E-state index contributed by atoms with van der Waals surface area (Å²) in [6.45, 7) is 4.19. The van der Waals surface area contributed by atoms with Crippen molar-refractivity contribution in [2.45, 2.75) is 13.8 Å². The third-order valence-electron chi connectivity index (χ3n) is 3.37. The van der Waals surface area contributed by atoms with E-state index in [1.807, 2.05) is 26.0 Å². The molecule has 0 N–H and O–H groups in total. The van der Waals surface area contributed by atoms with E-state index in [0.29, 0.717) is 28.7 Å². The summed E-state index contributed by atoms with van der Waals surface area (Å²) < 4.78 is 18.6. The smallest absolute Gasteiger partial charge is 0.277 e. The van der Waals surface area contributed by atoms with Gasteiger partial charge in [-0.3, -0.25) is 4.79 Å². The zero-order valence-electron chi connectivity index (χ0n) is 12.7. The number of nitrogens with zero attached hydrogens (tertiary/aromatic N) is 2. The van der Waals surface area contributed by atoms with Gasteiger partial charge in [-0.1, -0.05) is 0 Å². The van der Waals surface area contributed by atoms with Crippen LogP contribution in [0.4, 0.5) is 10.1 Å². The highest BCUT2D eigenvalue weighted by Crippen LogP contribution is 2.27. The number of aryl methyl sites for hydroxylation is 1. The molecule has 3 rings (SSSR count). The van der Waals surface area contributed by atoms with E-state index in [4.69, 9.17) is 4.42 Å². The monoisotopic (exact) mass is 330 g/mol. The molecule has 6 heteroatoms. The van der Waals surface area contributed by atoms with Crippen molar-refractivity contribution >= 4 is 22.9 Å². The molecule has 1 aromatic carbocycles. The molecule has 0 saturated heterocycles. The number of hydrogen-bond donors (Lipinski definition) is 0. The molecule has 118 valence electrons. The first kappa shape index (κ1) is 15.4. The van der Waals surface area contributed by atoms with E-state index in [9.17, 15) is 9.18 Å². The fourth-order valence-electron chi connectivity index (χ4n) is 2.24. The van der Waals surface area contributed by atoms with Crippen molar-refractivity contribution in [3.63, 3.8) is 0 Å². The Morgan fingerprint density at radius 2 is 2.00 bits per heavy atom. The molecule has 0 fully saturated rings. The molecule has 0 aliphatic carbocycles. The number of hydrogen-bond acceptors (Lipinski definition) is 4. The summed E-state index contributed by atoms with van der Waals surface area (Å²) >= 11 is 1.36. The Hall–Kier alpha value is -2.47. The maximum absolute atomic E-state index is 13.0. The van der Waals surface area contributed by atoms with Gasteiger partial charge in [0.25, 0.3) is 5.91 Å². The van der Waals surface area contributed by atoms with Crippen LogP contribution in [0.3, 0.4) is 0 Å². The quantitative estimate of drug-likeness (QED) is 0.707. The number of rotatable bonds is 4. The van der Waals surface area contributed by atoms with Gasteiger partial charge in [0.15, 0.2) is 10.8 Å². The summed E-state index contributed by atoms with van der Waals surface area (Å²) in [4.78, 5) is 18.6. The predicted octanol–water partition coefficient (Wildman–Crippen LogP) is 4.52. The Kier molecular flexibility index (Phi) is 4.25. The molecule has 0 aliphatic heterocycles. The first-order valence-corrected chi connectivity index (χ1v) is 8.06. The maximum Gasteiger partial charge on any atom is 0.277 e. The van der Waals surface area contributed by atoms with Gasteiger partial charge in [-0.05, 0) is 50.2 Å². The van der Waals surface area contributed by atoms with Gasteiger partial charge in [0, 0.05) is 17.6 Å². The number of halogens is 1. The summed E-state index contributed by atoms with van der Waals surface area (Å²) in [5, 5.41) is 2.37. The average Bonchev–Trinajstić information content (AvgIpc) is 3.18. The Balaban J connectivity index is 1.87. The molecule has 0 unspecified atom stereocenters. The zero-order chi connectivity index (χ0) is 16.4. The van der Waals surface area contributed by atoms with Gasteiger partial charge in [0.1, 0.15) is 17.3 Å². The van der Waals surface area contributed by atoms with E-state index >= 15 is 0 Å². The Labute approximate surface area is 137 Å². The van der Waals surface area contributed by atoms with Gasteiger partial charge >= 0.3 is 0 Å². The molecule has 0 aliphatic rings. The van der Waals surface area contributed by atoms with E-state index in [-0.39, 0.29) is 11.7 Å². The summed E-state index contributed by atoms with van der Waals surface area (Å²) in [6, 6.07) is 9.53. The third kappa shape index (κ3) is 3.17. The fourth-order valence-corrected chi connectivity index (χ4v) is 2.99. The molecule has 0 saturated carbocycles. The molecule has 0 spiro atoms. The van der Waals surface area contributed by atoms with E-state index in [1.54, 1.807) is 22.4 Å². The van der Waals surface area contributed by atoms with E-state index in [0.717, 1.165) is 5.76 Å². The van der Waals surface area contributed by atoms with Gasteiger partial charge < -0.3 is 9.32 Å². The summed E-state index contributed by atoms with van der Waals surface area (Å²) in [7, 11) is 0. The second-order valence-electron chi connectivity index (χ2n) is 4.97. The lowest BCUT2D eigenvalue weighted by Crippen LogP contribution is -2.30. The fraction of sp³-hybridized carbons (Fsp3) is 0.176. The highest BCUT2D eigenvalue weighted by Gasteiger charge is 2.20. The molecule has 0 bridgehead atoms. The van der Waals surface area contributed by atoms with Crippen molar-refractivity contribution in [2.24, 2.45) is 0 Å². The molecule has 3 aromatic rings. The highest BCUT2D eigenvalue weighted by molar-refractivity contribution is 7.13. The van der Waals surface area contributed by atoms with Gasteiger partial charge in [0.05, 0.1) is 0 Å². The highest BCUT2D eigenvalue weighted by atomic mass is 32.1. The van der Waals surface area contributed by atoms with Crippen LogP contribution in [0.15, 0.2) is 46.2 Å². The van der Waals surface area contributed by atoms with Crippen LogP contribution in [0.25, 0.3) is 10.8 Å². The van der Waals surface area contributed by atoms with Crippen LogP contribution in [-0.4, -0.2) is 17.4 Å². The van der Waals surface area contributed by atoms with Gasteiger partial charge in [-0.25, -0.2) is 9.37 Å². The van der Waals surface area contributed by atoms with E-state index in [1.165, 1.54) is 23.5 Å². The number of anilines is 1. The summed E-state index contributed by atoms with van der Waals surface area (Å²) in [5.74, 6) is 0.896. The van der Waals surface area contributed by atoms with Gasteiger partial charge in [-0.15, -0.1) is 11.3 Å². The lowest BCUT2D eigenvalue weighted by atomic mass is 10.2. The second-order valence-corrected chi connectivity index (χ2v) is 5.83. The van der Waals surface area contributed by atoms with Crippen LogP contribution < -0.4 is 4.90 Å². The van der Waals surface area contributed by atoms with E-state index in [2.05, 4.69) is 4.98 Å². The van der Waals surface area contributed by atoms with Gasteiger partial charge in [0.2, 0.25) is 0 Å². The zero-order valence-corrected chi connectivity index (χ0v) is 13.6. The van der Waals surface area contributed by atoms with Crippen molar-refractivity contribution in [1.82, 2.24) is 4.98 Å². The molecule has 4 nitrogen and oxygen atoms in total. The maximum atomic E-state index is 13.0. The SMILES string of the molecule is CCN(C(=O)c1csc(-c2ccc(C)o2)n1)c1ccc(F)cc1. The minimum Gasteiger partial charge on any atom is -0.459 e. The van der Waals surface area contributed by atoms with Crippen LogP contribution in [0.5, 0.6) is 0 Å². The molecule has 0 atom stereocenters. The molecular formula is C17H15FN2O2S. The Morgan fingerprint density at radius 3 is 2.61 bits per heavy atom. The van der Waals surface area contributed by atoms with Crippen molar-refractivity contribution in [3.05, 3.63) is 59.0 Å². The van der Waals surface area contributed by atoms with Crippen molar-refractivity contribution in [3.8, 4) is 10.8 Å². The topological polar surface area (TPSA) is 46.3 Å². The number of furan rings is 1. The average molecular weight is 330 g/mol. The molecule has 1 amide bonds. The Bertz CT molecular complexity index is 823. The molecule has 2 heterocycles. The minimum absolute atomic E-state index is 0.218. The van der Waals surface area contributed by atoms with E-state index < -0.39 is 0 Å². The number of benzene rings is 1. The first-order chi connectivity index (χ1) is 11.1. The number of aromatic nitrogens is 1. The van der Waals surface area contributed by atoms with Crippen molar-refractivity contribution in [2.75, 3.05) is 11.4 Å². The second kappa shape index (κ2) is 6.34. The van der Waals surface area contributed by atoms with Gasteiger partial charge in [-0.2, -0.15) is 0 Å². The lowest BCUT2D eigenvalue weighted by molar-refractivity contribution is 0.0984. The number of carbonyl (C=O) groups excluding carboxylic acids is 1. The van der Waals surface area contributed by atoms with Crippen LogP contribution in [-0.2, 0) is 0 Å².